The van der Waals surface area contributed by atoms with Gasteiger partial charge in [-0.1, -0.05) is 0 Å². The Labute approximate surface area is 167 Å². The van der Waals surface area contributed by atoms with Crippen molar-refractivity contribution in [2.75, 3.05) is 17.7 Å². The lowest BCUT2D eigenvalue weighted by atomic mass is 10.3. The van der Waals surface area contributed by atoms with Crippen LogP contribution in [-0.4, -0.2) is 18.3 Å². The summed E-state index contributed by atoms with van der Waals surface area (Å²) in [6.07, 6.45) is 0. The van der Waals surface area contributed by atoms with E-state index in [1.54, 1.807) is 36.4 Å². The quantitative estimate of drug-likeness (QED) is 0.492. The molecule has 0 spiro atoms. The second-order valence-electron chi connectivity index (χ2n) is 5.82. The molecule has 0 atom stereocenters. The highest BCUT2D eigenvalue weighted by molar-refractivity contribution is 8.00. The van der Waals surface area contributed by atoms with Gasteiger partial charge >= 0.3 is 0 Å². The zero-order valence-corrected chi connectivity index (χ0v) is 16.2. The number of ether oxygens (including phenoxy) is 2. The first kappa shape index (κ1) is 19.8. The molecule has 3 rings (SSSR count). The number of carbonyl (C=O) groups excluding carboxylic acids is 1. The van der Waals surface area contributed by atoms with E-state index >= 15 is 0 Å². The maximum atomic E-state index is 12.9. The van der Waals surface area contributed by atoms with Crippen molar-refractivity contribution in [2.24, 2.45) is 0 Å². The van der Waals surface area contributed by atoms with Crippen LogP contribution in [-0.2, 0) is 4.79 Å². The molecule has 1 amide bonds. The molecule has 0 aliphatic rings. The third-order valence-corrected chi connectivity index (χ3v) is 4.70. The fourth-order valence-electron chi connectivity index (χ4n) is 2.39. The zero-order chi connectivity index (χ0) is 19.8. The van der Waals surface area contributed by atoms with E-state index in [4.69, 9.17) is 9.47 Å². The fourth-order valence-corrected chi connectivity index (χ4v) is 3.09. The van der Waals surface area contributed by atoms with Crippen molar-refractivity contribution in [3.05, 3.63) is 78.6 Å². The number of amides is 1. The minimum Gasteiger partial charge on any atom is -0.494 e. The third-order valence-electron chi connectivity index (χ3n) is 3.69. The molecule has 0 bridgehead atoms. The Morgan fingerprint density at radius 2 is 1.46 bits per heavy atom. The molecule has 0 saturated heterocycles. The molecule has 0 aromatic heterocycles. The molecule has 4 nitrogen and oxygen atoms in total. The van der Waals surface area contributed by atoms with E-state index < -0.39 is 0 Å². The Morgan fingerprint density at radius 3 is 2.07 bits per heavy atom. The van der Waals surface area contributed by atoms with E-state index in [9.17, 15) is 9.18 Å². The number of nitrogens with one attached hydrogen (secondary N) is 1. The van der Waals surface area contributed by atoms with Gasteiger partial charge in [0.2, 0.25) is 5.91 Å². The number of anilines is 1. The van der Waals surface area contributed by atoms with Crippen molar-refractivity contribution >= 4 is 23.4 Å². The normalized spacial score (nSPS) is 10.4. The van der Waals surface area contributed by atoms with Crippen LogP contribution in [0.2, 0.25) is 0 Å². The van der Waals surface area contributed by atoms with E-state index in [1.807, 2.05) is 31.2 Å². The Morgan fingerprint density at radius 1 is 0.893 bits per heavy atom. The molecule has 0 radical (unpaired) electrons. The molecular weight excluding hydrogens is 377 g/mol. The molecule has 0 aliphatic carbocycles. The van der Waals surface area contributed by atoms with Gasteiger partial charge in [0.05, 0.1) is 12.4 Å². The summed E-state index contributed by atoms with van der Waals surface area (Å²) < 4.78 is 24.1. The Bertz CT molecular complexity index is 897. The summed E-state index contributed by atoms with van der Waals surface area (Å²) >= 11 is 1.35. The molecule has 0 heterocycles. The van der Waals surface area contributed by atoms with Gasteiger partial charge in [0, 0.05) is 10.6 Å². The van der Waals surface area contributed by atoms with Crippen LogP contribution in [0.3, 0.4) is 0 Å². The summed E-state index contributed by atoms with van der Waals surface area (Å²) in [5.74, 6) is 2.00. The highest BCUT2D eigenvalue weighted by atomic mass is 32.2. The molecule has 3 aromatic rings. The van der Waals surface area contributed by atoms with Gasteiger partial charge < -0.3 is 14.8 Å². The Kier molecular flexibility index (Phi) is 6.92. The molecule has 0 saturated carbocycles. The molecule has 3 aromatic carbocycles. The van der Waals surface area contributed by atoms with Crippen molar-refractivity contribution < 1.29 is 18.7 Å². The monoisotopic (exact) mass is 397 g/mol. The topological polar surface area (TPSA) is 47.6 Å². The van der Waals surface area contributed by atoms with Crippen LogP contribution in [0.1, 0.15) is 6.92 Å². The number of benzene rings is 3. The summed E-state index contributed by atoms with van der Waals surface area (Å²) in [5.41, 5.74) is 0.684. The van der Waals surface area contributed by atoms with Crippen molar-refractivity contribution in [3.63, 3.8) is 0 Å². The highest BCUT2D eigenvalue weighted by Crippen LogP contribution is 2.25. The minimum atomic E-state index is -0.290. The smallest absolute Gasteiger partial charge is 0.234 e. The van der Waals surface area contributed by atoms with Crippen LogP contribution >= 0.6 is 11.8 Å². The Hall–Kier alpha value is -2.99. The predicted octanol–water partition coefficient (Wildman–Crippen LogP) is 5.75. The molecular formula is C22H20FNO3S. The average molecular weight is 397 g/mol. The van der Waals surface area contributed by atoms with Crippen LogP contribution in [0.5, 0.6) is 17.2 Å². The molecule has 0 unspecified atom stereocenters. The maximum Gasteiger partial charge on any atom is 0.234 e. The van der Waals surface area contributed by atoms with Gasteiger partial charge in [-0.05, 0) is 79.7 Å². The summed E-state index contributed by atoms with van der Waals surface area (Å²) in [7, 11) is 0. The minimum absolute atomic E-state index is 0.130. The van der Waals surface area contributed by atoms with Gasteiger partial charge in [-0.3, -0.25) is 4.79 Å². The van der Waals surface area contributed by atoms with E-state index in [1.165, 1.54) is 23.9 Å². The number of rotatable bonds is 8. The van der Waals surface area contributed by atoms with Crippen LogP contribution in [0, 0.1) is 5.82 Å². The first-order chi connectivity index (χ1) is 13.6. The van der Waals surface area contributed by atoms with Crippen molar-refractivity contribution in [1.29, 1.82) is 0 Å². The van der Waals surface area contributed by atoms with Gasteiger partial charge in [-0.15, -0.1) is 11.8 Å². The molecule has 0 fully saturated rings. The molecule has 144 valence electrons. The second kappa shape index (κ2) is 9.80. The zero-order valence-electron chi connectivity index (χ0n) is 15.4. The number of thioether (sulfide) groups is 1. The van der Waals surface area contributed by atoms with Crippen LogP contribution in [0.15, 0.2) is 77.7 Å². The van der Waals surface area contributed by atoms with Crippen molar-refractivity contribution in [3.8, 4) is 17.2 Å². The molecule has 6 heteroatoms. The van der Waals surface area contributed by atoms with Gasteiger partial charge in [0.1, 0.15) is 23.1 Å². The maximum absolute atomic E-state index is 12.9. The van der Waals surface area contributed by atoms with Crippen LogP contribution in [0.4, 0.5) is 10.1 Å². The van der Waals surface area contributed by atoms with Gasteiger partial charge in [0.25, 0.3) is 0 Å². The first-order valence-electron chi connectivity index (χ1n) is 8.81. The Balaban J connectivity index is 1.49. The standard InChI is InChI=1S/C22H20FNO3S/c1-2-26-18-9-11-20(12-10-18)27-19-7-5-17(6-8-19)24-22(25)15-28-21-13-3-16(23)4-14-21/h3-14H,2,15H2,1H3,(H,24,25). The summed E-state index contributed by atoms with van der Waals surface area (Å²) in [6, 6.07) is 20.6. The number of hydrogen-bond donors (Lipinski definition) is 1. The lowest BCUT2D eigenvalue weighted by Crippen LogP contribution is -2.13. The molecule has 0 aliphatic heterocycles. The van der Waals surface area contributed by atoms with Crippen LogP contribution in [0.25, 0.3) is 0 Å². The van der Waals surface area contributed by atoms with Crippen molar-refractivity contribution in [1.82, 2.24) is 0 Å². The van der Waals surface area contributed by atoms with E-state index in [-0.39, 0.29) is 17.5 Å². The van der Waals surface area contributed by atoms with E-state index in [0.29, 0.717) is 23.8 Å². The highest BCUT2D eigenvalue weighted by Gasteiger charge is 2.05. The number of halogens is 1. The fraction of sp³-hybridized carbons (Fsp3) is 0.136. The van der Waals surface area contributed by atoms with Gasteiger partial charge in [-0.25, -0.2) is 4.39 Å². The van der Waals surface area contributed by atoms with Crippen LogP contribution < -0.4 is 14.8 Å². The first-order valence-corrected chi connectivity index (χ1v) is 9.80. The number of carbonyl (C=O) groups is 1. The molecule has 28 heavy (non-hydrogen) atoms. The largest absolute Gasteiger partial charge is 0.494 e. The lowest BCUT2D eigenvalue weighted by molar-refractivity contribution is -0.113. The van der Waals surface area contributed by atoms with Crippen molar-refractivity contribution in [2.45, 2.75) is 11.8 Å². The third kappa shape index (κ3) is 6.03. The summed E-state index contributed by atoms with van der Waals surface area (Å²) in [4.78, 5) is 12.9. The molecule has 1 N–H and O–H groups in total. The number of hydrogen-bond acceptors (Lipinski definition) is 4. The summed E-state index contributed by atoms with van der Waals surface area (Å²) in [5, 5.41) is 2.83. The second-order valence-corrected chi connectivity index (χ2v) is 6.87. The lowest BCUT2D eigenvalue weighted by Gasteiger charge is -2.09. The van der Waals surface area contributed by atoms with Gasteiger partial charge in [0.15, 0.2) is 0 Å². The van der Waals surface area contributed by atoms with Gasteiger partial charge in [-0.2, -0.15) is 0 Å². The van der Waals surface area contributed by atoms with E-state index in [2.05, 4.69) is 5.32 Å². The van der Waals surface area contributed by atoms with E-state index in [0.717, 1.165) is 10.6 Å². The average Bonchev–Trinajstić information content (AvgIpc) is 2.71. The SMILES string of the molecule is CCOc1ccc(Oc2ccc(NC(=O)CSc3ccc(F)cc3)cc2)cc1. The predicted molar refractivity (Wildman–Crippen MR) is 110 cm³/mol. The summed E-state index contributed by atoms with van der Waals surface area (Å²) in [6.45, 7) is 2.56.